The number of thioether (sulfide) groups is 1. The van der Waals surface area contributed by atoms with E-state index < -0.39 is 0 Å². The summed E-state index contributed by atoms with van der Waals surface area (Å²) >= 11 is 1.85. The number of hydrogen-bond acceptors (Lipinski definition) is 4. The number of guanidine groups is 1. The minimum atomic E-state index is 0.509. The average Bonchev–Trinajstić information content (AvgIpc) is 2.40. The molecule has 1 heterocycles. The molecule has 4 heteroatoms. The Bertz CT molecular complexity index is 147. The summed E-state index contributed by atoms with van der Waals surface area (Å²) in [5.41, 5.74) is 0. The molecule has 1 aliphatic rings. The monoisotopic (exact) mass is 173 g/mol. The van der Waals surface area contributed by atoms with Gasteiger partial charge in [0.1, 0.15) is 0 Å². The van der Waals surface area contributed by atoms with E-state index in [4.69, 9.17) is 0 Å². The van der Waals surface area contributed by atoms with Gasteiger partial charge in [0.25, 0.3) is 0 Å². The second-order valence-corrected chi connectivity index (χ2v) is 3.57. The average molecular weight is 173 g/mol. The summed E-state index contributed by atoms with van der Waals surface area (Å²) in [5, 5.41) is 6.47. The van der Waals surface area contributed by atoms with Gasteiger partial charge < -0.3 is 10.6 Å². The minimum absolute atomic E-state index is 0.509. The number of aliphatic imine (C=N–C) groups is 1. The van der Waals surface area contributed by atoms with Crippen molar-refractivity contribution in [3.05, 3.63) is 0 Å². The highest BCUT2D eigenvalue weighted by Gasteiger charge is 2.07. The Hall–Kier alpha value is -0.380. The highest BCUT2D eigenvalue weighted by Crippen LogP contribution is 1.96. The van der Waals surface area contributed by atoms with Crippen LogP contribution >= 0.6 is 11.8 Å². The summed E-state index contributed by atoms with van der Waals surface area (Å²) in [4.78, 5) is 4.24. The Morgan fingerprint density at radius 2 is 2.64 bits per heavy atom. The van der Waals surface area contributed by atoms with E-state index in [2.05, 4.69) is 28.8 Å². The molecule has 11 heavy (non-hydrogen) atoms. The van der Waals surface area contributed by atoms with Gasteiger partial charge in [-0.2, -0.15) is 11.8 Å². The predicted molar refractivity (Wildman–Crippen MR) is 51.3 cm³/mol. The van der Waals surface area contributed by atoms with Crippen LogP contribution in [0.5, 0.6) is 0 Å². The highest BCUT2D eigenvalue weighted by atomic mass is 32.2. The molecule has 0 saturated carbocycles. The molecule has 0 radical (unpaired) electrons. The number of nitrogens with zero attached hydrogens (tertiary/aromatic N) is 1. The first kappa shape index (κ1) is 8.71. The molecule has 1 unspecified atom stereocenters. The van der Waals surface area contributed by atoms with Gasteiger partial charge in [-0.1, -0.05) is 0 Å². The fourth-order valence-electron chi connectivity index (χ4n) is 1.02. The van der Waals surface area contributed by atoms with Crippen molar-refractivity contribution in [2.75, 3.05) is 25.1 Å². The molecule has 0 aliphatic carbocycles. The standard InChI is InChI=1S/C7H15N3S/c1-6(5-11-2)10-7-8-3-4-9-7/h6H,3-5H2,1-2H3,(H2,8,9,10). The minimum Gasteiger partial charge on any atom is -0.355 e. The molecule has 0 amide bonds. The molecular formula is C7H15N3S. The van der Waals surface area contributed by atoms with Crippen molar-refractivity contribution in [1.82, 2.24) is 10.6 Å². The summed E-state index contributed by atoms with van der Waals surface area (Å²) in [7, 11) is 0. The Morgan fingerprint density at radius 3 is 3.18 bits per heavy atom. The van der Waals surface area contributed by atoms with Crippen molar-refractivity contribution in [1.29, 1.82) is 0 Å². The van der Waals surface area contributed by atoms with Crippen LogP contribution < -0.4 is 10.6 Å². The maximum absolute atomic E-state index is 4.24. The van der Waals surface area contributed by atoms with Crippen molar-refractivity contribution in [2.45, 2.75) is 13.0 Å². The van der Waals surface area contributed by atoms with Crippen molar-refractivity contribution in [3.63, 3.8) is 0 Å². The van der Waals surface area contributed by atoms with Crippen molar-refractivity contribution in [2.24, 2.45) is 4.99 Å². The van der Waals surface area contributed by atoms with E-state index in [9.17, 15) is 0 Å². The molecule has 2 N–H and O–H groups in total. The summed E-state index contributed by atoms with van der Waals surface area (Å²) < 4.78 is 0. The molecule has 1 aliphatic heterocycles. The third-order valence-corrected chi connectivity index (χ3v) is 2.31. The smallest absolute Gasteiger partial charge is 0.191 e. The molecule has 0 aromatic rings. The van der Waals surface area contributed by atoms with Crippen molar-refractivity contribution in [3.8, 4) is 0 Å². The quantitative estimate of drug-likeness (QED) is 0.644. The van der Waals surface area contributed by atoms with E-state index in [0.717, 1.165) is 24.8 Å². The zero-order valence-electron chi connectivity index (χ0n) is 7.05. The van der Waals surface area contributed by atoms with Crippen LogP contribution in [0.4, 0.5) is 0 Å². The molecule has 3 nitrogen and oxygen atoms in total. The van der Waals surface area contributed by atoms with E-state index in [-0.39, 0.29) is 0 Å². The lowest BCUT2D eigenvalue weighted by Crippen LogP contribution is -2.40. The van der Waals surface area contributed by atoms with Crippen LogP contribution in [-0.2, 0) is 0 Å². The molecule has 0 bridgehead atoms. The first-order valence-corrected chi connectivity index (χ1v) is 5.26. The second kappa shape index (κ2) is 4.49. The fourth-order valence-corrected chi connectivity index (χ4v) is 1.60. The molecule has 0 fully saturated rings. The molecule has 1 rings (SSSR count). The maximum atomic E-state index is 4.24. The van der Waals surface area contributed by atoms with Gasteiger partial charge in [0.15, 0.2) is 5.96 Å². The molecule has 0 saturated heterocycles. The van der Waals surface area contributed by atoms with Crippen LogP contribution in [0.15, 0.2) is 4.99 Å². The molecule has 0 aromatic heterocycles. The maximum Gasteiger partial charge on any atom is 0.191 e. The largest absolute Gasteiger partial charge is 0.355 e. The Balaban J connectivity index is 2.18. The van der Waals surface area contributed by atoms with Crippen molar-refractivity contribution < 1.29 is 0 Å². The molecule has 64 valence electrons. The molecular weight excluding hydrogens is 158 g/mol. The van der Waals surface area contributed by atoms with E-state index in [1.54, 1.807) is 0 Å². The van der Waals surface area contributed by atoms with Gasteiger partial charge >= 0.3 is 0 Å². The number of rotatable bonds is 3. The predicted octanol–water partition coefficient (Wildman–Crippen LogP) is 0.287. The van der Waals surface area contributed by atoms with Crippen LogP contribution in [-0.4, -0.2) is 37.1 Å². The lowest BCUT2D eigenvalue weighted by Gasteiger charge is -2.13. The van der Waals surface area contributed by atoms with E-state index >= 15 is 0 Å². The Kier molecular flexibility index (Phi) is 3.56. The number of hydrogen-bond donors (Lipinski definition) is 2. The van der Waals surface area contributed by atoms with Crippen LogP contribution in [0.2, 0.25) is 0 Å². The van der Waals surface area contributed by atoms with Crippen molar-refractivity contribution >= 4 is 17.7 Å². The molecule has 0 spiro atoms. The summed E-state index contributed by atoms with van der Waals surface area (Å²) in [6.07, 6.45) is 2.11. The molecule has 0 aromatic carbocycles. The molecule has 1 atom stereocenters. The van der Waals surface area contributed by atoms with Crippen LogP contribution in [0.25, 0.3) is 0 Å². The zero-order valence-corrected chi connectivity index (χ0v) is 7.87. The highest BCUT2D eigenvalue weighted by molar-refractivity contribution is 7.98. The van der Waals surface area contributed by atoms with Crippen LogP contribution in [0.3, 0.4) is 0 Å². The Morgan fingerprint density at radius 1 is 1.82 bits per heavy atom. The SMILES string of the molecule is CSCC(C)NC1=NCCN1. The first-order chi connectivity index (χ1) is 5.33. The topological polar surface area (TPSA) is 36.4 Å². The van der Waals surface area contributed by atoms with Crippen LogP contribution in [0.1, 0.15) is 6.92 Å². The van der Waals surface area contributed by atoms with E-state index in [0.29, 0.717) is 6.04 Å². The van der Waals surface area contributed by atoms with E-state index in [1.807, 2.05) is 11.8 Å². The van der Waals surface area contributed by atoms with E-state index in [1.165, 1.54) is 0 Å². The van der Waals surface area contributed by atoms with Gasteiger partial charge in [-0.05, 0) is 13.2 Å². The van der Waals surface area contributed by atoms with Gasteiger partial charge in [0.2, 0.25) is 0 Å². The zero-order chi connectivity index (χ0) is 8.10. The van der Waals surface area contributed by atoms with Gasteiger partial charge in [0, 0.05) is 18.3 Å². The van der Waals surface area contributed by atoms with Gasteiger partial charge in [-0.3, -0.25) is 4.99 Å². The van der Waals surface area contributed by atoms with Gasteiger partial charge in [0.05, 0.1) is 6.54 Å². The third kappa shape index (κ3) is 3.01. The third-order valence-electron chi connectivity index (χ3n) is 1.47. The van der Waals surface area contributed by atoms with Gasteiger partial charge in [-0.15, -0.1) is 0 Å². The first-order valence-electron chi connectivity index (χ1n) is 3.86. The second-order valence-electron chi connectivity index (χ2n) is 2.66. The summed E-state index contributed by atoms with van der Waals surface area (Å²) in [6, 6.07) is 0.509. The van der Waals surface area contributed by atoms with Gasteiger partial charge in [-0.25, -0.2) is 0 Å². The lowest BCUT2D eigenvalue weighted by molar-refractivity contribution is 0.728. The fraction of sp³-hybridized carbons (Fsp3) is 0.857. The number of nitrogens with one attached hydrogen (secondary N) is 2. The summed E-state index contributed by atoms with van der Waals surface area (Å²) in [6.45, 7) is 4.06. The normalized spacial score (nSPS) is 18.9. The lowest BCUT2D eigenvalue weighted by atomic mass is 10.4. The van der Waals surface area contributed by atoms with Crippen LogP contribution in [0, 0.1) is 0 Å². The summed E-state index contributed by atoms with van der Waals surface area (Å²) in [5.74, 6) is 2.09. The Labute approximate surface area is 72.0 Å².